The maximum atomic E-state index is 11.7. The Kier molecular flexibility index (Phi) is 8.14. The van der Waals surface area contributed by atoms with Crippen molar-refractivity contribution in [1.29, 1.82) is 0 Å². The molecule has 2 aromatic rings. The molecule has 1 amide bonds. The molecule has 0 aromatic carbocycles. The number of anilines is 2. The number of nitrogens with two attached hydrogens (primary N) is 2. The summed E-state index contributed by atoms with van der Waals surface area (Å²) in [6, 6.07) is 2.09. The molecule has 1 saturated heterocycles. The van der Waals surface area contributed by atoms with Crippen molar-refractivity contribution in [2.45, 2.75) is 54.7 Å². The average Bonchev–Trinajstić information content (AvgIpc) is 2.81. The standard InChI is InChI=1S/C22H33N9O2S/c1-14-11-19(28-21(26-14)27-18(32)12-23)34-17-13-25-22(31-9-7-30(2)8-10-31)29-20(17)33-16-5-3-15(24)4-6-16/h11,13,15-16H,3-10,12,23-24H2,1-2H3,(H,26,27,28,32). The van der Waals surface area contributed by atoms with E-state index in [1.807, 2.05) is 13.0 Å². The third-order valence-corrected chi connectivity index (χ3v) is 6.89. The van der Waals surface area contributed by atoms with Gasteiger partial charge in [-0.1, -0.05) is 11.8 Å². The Morgan fingerprint density at radius 2 is 1.91 bits per heavy atom. The number of piperazine rings is 1. The SMILES string of the molecule is Cc1cc(Sc2cnc(N3CCN(C)CC3)nc2OC2CCC(N)CC2)nc(NC(=O)CN)n1. The molecule has 0 bridgehead atoms. The summed E-state index contributed by atoms with van der Waals surface area (Å²) < 4.78 is 6.41. The predicted molar refractivity (Wildman–Crippen MR) is 131 cm³/mol. The van der Waals surface area contributed by atoms with Gasteiger partial charge >= 0.3 is 0 Å². The van der Waals surface area contributed by atoms with Gasteiger partial charge in [0.1, 0.15) is 11.1 Å². The Labute approximate surface area is 204 Å². The number of amides is 1. The monoisotopic (exact) mass is 487 g/mol. The molecule has 184 valence electrons. The largest absolute Gasteiger partial charge is 0.473 e. The van der Waals surface area contributed by atoms with Gasteiger partial charge in [0.15, 0.2) is 0 Å². The number of hydrogen-bond donors (Lipinski definition) is 3. The van der Waals surface area contributed by atoms with Crippen LogP contribution >= 0.6 is 11.8 Å². The maximum absolute atomic E-state index is 11.7. The summed E-state index contributed by atoms with van der Waals surface area (Å²) in [5, 5.41) is 3.27. The second-order valence-electron chi connectivity index (χ2n) is 8.81. The summed E-state index contributed by atoms with van der Waals surface area (Å²) in [7, 11) is 2.12. The van der Waals surface area contributed by atoms with Crippen molar-refractivity contribution in [3.05, 3.63) is 18.0 Å². The highest BCUT2D eigenvalue weighted by Gasteiger charge is 2.24. The van der Waals surface area contributed by atoms with Crippen molar-refractivity contribution < 1.29 is 9.53 Å². The second kappa shape index (κ2) is 11.3. The lowest BCUT2D eigenvalue weighted by Gasteiger charge is -2.33. The smallest absolute Gasteiger partial charge is 0.240 e. The molecular formula is C22H33N9O2S. The number of nitrogens with one attached hydrogen (secondary N) is 1. The molecule has 3 heterocycles. The molecule has 4 rings (SSSR count). The molecule has 12 heteroatoms. The number of carbonyl (C=O) groups is 1. The molecule has 34 heavy (non-hydrogen) atoms. The third-order valence-electron chi connectivity index (χ3n) is 5.97. The van der Waals surface area contributed by atoms with Crippen LogP contribution in [0.2, 0.25) is 0 Å². The lowest BCUT2D eigenvalue weighted by molar-refractivity contribution is -0.114. The van der Waals surface area contributed by atoms with Crippen LogP contribution in [0, 0.1) is 6.92 Å². The summed E-state index contributed by atoms with van der Waals surface area (Å²) >= 11 is 1.39. The van der Waals surface area contributed by atoms with Gasteiger partial charge in [-0.3, -0.25) is 10.1 Å². The first kappa shape index (κ1) is 24.6. The van der Waals surface area contributed by atoms with E-state index < -0.39 is 0 Å². The van der Waals surface area contributed by atoms with Gasteiger partial charge in [0.25, 0.3) is 0 Å². The van der Waals surface area contributed by atoms with Gasteiger partial charge in [0.05, 0.1) is 17.6 Å². The van der Waals surface area contributed by atoms with Crippen LogP contribution in [0.3, 0.4) is 0 Å². The number of likely N-dealkylation sites (N-methyl/N-ethyl adjacent to an activating group) is 1. The van der Waals surface area contributed by atoms with E-state index in [-0.39, 0.29) is 30.5 Å². The van der Waals surface area contributed by atoms with Crippen LogP contribution < -0.4 is 26.4 Å². The van der Waals surface area contributed by atoms with Gasteiger partial charge in [0.2, 0.25) is 23.7 Å². The fourth-order valence-electron chi connectivity index (χ4n) is 3.96. The maximum Gasteiger partial charge on any atom is 0.240 e. The minimum absolute atomic E-state index is 0.0703. The minimum Gasteiger partial charge on any atom is -0.473 e. The van der Waals surface area contributed by atoms with Crippen molar-refractivity contribution in [1.82, 2.24) is 24.8 Å². The molecule has 0 spiro atoms. The Morgan fingerprint density at radius 1 is 1.18 bits per heavy atom. The topological polar surface area (TPSA) is 148 Å². The molecule has 1 saturated carbocycles. The fourth-order valence-corrected chi connectivity index (χ4v) is 4.83. The molecular weight excluding hydrogens is 454 g/mol. The first-order chi connectivity index (χ1) is 16.4. The number of nitrogens with zero attached hydrogens (tertiary/aromatic N) is 6. The molecule has 1 aliphatic carbocycles. The van der Waals surface area contributed by atoms with Crippen molar-refractivity contribution in [3.8, 4) is 5.88 Å². The van der Waals surface area contributed by atoms with Gasteiger partial charge < -0.3 is 26.0 Å². The van der Waals surface area contributed by atoms with Crippen molar-refractivity contribution in [3.63, 3.8) is 0 Å². The molecule has 2 fully saturated rings. The number of carbonyl (C=O) groups excluding carboxylic acids is 1. The molecule has 2 aliphatic rings. The number of ether oxygens (including phenoxy) is 1. The van der Waals surface area contributed by atoms with Crippen molar-refractivity contribution in [2.24, 2.45) is 11.5 Å². The quantitative estimate of drug-likeness (QED) is 0.481. The van der Waals surface area contributed by atoms with Gasteiger partial charge in [-0.25, -0.2) is 15.0 Å². The van der Waals surface area contributed by atoms with Crippen molar-refractivity contribution in [2.75, 3.05) is 50.0 Å². The zero-order valence-electron chi connectivity index (χ0n) is 19.7. The second-order valence-corrected chi connectivity index (χ2v) is 9.87. The van der Waals surface area contributed by atoms with E-state index >= 15 is 0 Å². The van der Waals surface area contributed by atoms with E-state index in [0.717, 1.165) is 62.5 Å². The third kappa shape index (κ3) is 6.53. The average molecular weight is 488 g/mol. The zero-order valence-corrected chi connectivity index (χ0v) is 20.6. The van der Waals surface area contributed by atoms with Gasteiger partial charge in [-0.05, 0) is 45.7 Å². The molecule has 0 unspecified atom stereocenters. The van der Waals surface area contributed by atoms with Crippen LogP contribution in [-0.4, -0.2) is 82.7 Å². The highest BCUT2D eigenvalue weighted by Crippen LogP contribution is 2.36. The predicted octanol–water partition coefficient (Wildman–Crippen LogP) is 1.02. The Balaban J connectivity index is 1.58. The van der Waals surface area contributed by atoms with Gasteiger partial charge in [-0.15, -0.1) is 0 Å². The van der Waals surface area contributed by atoms with Crippen molar-refractivity contribution >= 4 is 29.6 Å². The fraction of sp³-hybridized carbons (Fsp3) is 0.591. The lowest BCUT2D eigenvalue weighted by atomic mass is 9.94. The zero-order chi connectivity index (χ0) is 24.1. The van der Waals surface area contributed by atoms with Gasteiger partial charge in [-0.2, -0.15) is 4.98 Å². The first-order valence-electron chi connectivity index (χ1n) is 11.7. The summed E-state index contributed by atoms with van der Waals surface area (Å²) in [6.07, 6.45) is 5.56. The molecule has 5 N–H and O–H groups in total. The number of aromatic nitrogens is 4. The van der Waals surface area contributed by atoms with E-state index in [9.17, 15) is 4.79 Å². The normalized spacial score (nSPS) is 21.4. The summed E-state index contributed by atoms with van der Waals surface area (Å²) in [6.45, 7) is 5.39. The van der Waals surface area contributed by atoms with Crippen LogP contribution in [-0.2, 0) is 4.79 Å². The number of aryl methyl sites for hydroxylation is 1. The Morgan fingerprint density at radius 3 is 2.62 bits per heavy atom. The van der Waals surface area contributed by atoms with E-state index in [0.29, 0.717) is 16.9 Å². The summed E-state index contributed by atoms with van der Waals surface area (Å²) in [4.78, 5) is 35.1. The molecule has 0 atom stereocenters. The van der Waals surface area contributed by atoms with E-state index in [2.05, 4.69) is 37.1 Å². The van der Waals surface area contributed by atoms with E-state index in [4.69, 9.17) is 21.2 Å². The number of rotatable bonds is 7. The van der Waals surface area contributed by atoms with Crippen LogP contribution in [0.15, 0.2) is 22.2 Å². The van der Waals surface area contributed by atoms with Crippen LogP contribution in [0.4, 0.5) is 11.9 Å². The van der Waals surface area contributed by atoms with Gasteiger partial charge in [0, 0.05) is 37.9 Å². The minimum atomic E-state index is -0.346. The lowest BCUT2D eigenvalue weighted by Crippen LogP contribution is -2.45. The van der Waals surface area contributed by atoms with Crippen LogP contribution in [0.5, 0.6) is 5.88 Å². The molecule has 11 nitrogen and oxygen atoms in total. The van der Waals surface area contributed by atoms with Crippen LogP contribution in [0.1, 0.15) is 31.4 Å². The molecule has 1 aliphatic heterocycles. The van der Waals surface area contributed by atoms with E-state index in [1.54, 1.807) is 6.20 Å². The summed E-state index contributed by atoms with van der Waals surface area (Å²) in [5.74, 6) is 1.10. The van der Waals surface area contributed by atoms with Crippen LogP contribution in [0.25, 0.3) is 0 Å². The highest BCUT2D eigenvalue weighted by atomic mass is 32.2. The molecule has 2 aromatic heterocycles. The summed E-state index contributed by atoms with van der Waals surface area (Å²) in [5.41, 5.74) is 12.2. The Hall–Kier alpha value is -2.54. The highest BCUT2D eigenvalue weighted by molar-refractivity contribution is 7.99. The first-order valence-corrected chi connectivity index (χ1v) is 12.5. The number of hydrogen-bond acceptors (Lipinski definition) is 11. The van der Waals surface area contributed by atoms with E-state index in [1.165, 1.54) is 11.8 Å². The molecule has 0 radical (unpaired) electrons. The Bertz CT molecular complexity index is 992.